The van der Waals surface area contributed by atoms with E-state index in [0.717, 1.165) is 38.5 Å². The van der Waals surface area contributed by atoms with Crippen LogP contribution in [0, 0.1) is 5.82 Å². The van der Waals surface area contributed by atoms with Crippen molar-refractivity contribution in [2.24, 2.45) is 0 Å². The lowest BCUT2D eigenvalue weighted by Crippen LogP contribution is -2.36. The van der Waals surface area contributed by atoms with Gasteiger partial charge in [0.1, 0.15) is 12.4 Å². The minimum Gasteiger partial charge on any atom is -0.377 e. The summed E-state index contributed by atoms with van der Waals surface area (Å²) in [5.41, 5.74) is 1.98. The maximum absolute atomic E-state index is 13.2. The number of imide groups is 1. The predicted molar refractivity (Wildman–Crippen MR) is 116 cm³/mol. The van der Waals surface area contributed by atoms with Crippen LogP contribution in [0.5, 0.6) is 0 Å². The molecule has 2 aromatic carbocycles. The van der Waals surface area contributed by atoms with Crippen LogP contribution in [0.4, 0.5) is 20.6 Å². The third-order valence-corrected chi connectivity index (χ3v) is 5.58. The molecule has 3 amide bonds. The summed E-state index contributed by atoms with van der Waals surface area (Å²) in [5, 5.41) is 1.95. The number of anilines is 2. The summed E-state index contributed by atoms with van der Waals surface area (Å²) in [6.07, 6.45) is 1.61. The van der Waals surface area contributed by atoms with E-state index in [-0.39, 0.29) is 10.6 Å². The van der Waals surface area contributed by atoms with E-state index >= 15 is 0 Å². The molecule has 0 unspecified atom stereocenters. The van der Waals surface area contributed by atoms with Gasteiger partial charge in [-0.3, -0.25) is 19.3 Å². The topological polar surface area (TPSA) is 69.7 Å². The van der Waals surface area contributed by atoms with Gasteiger partial charge in [-0.25, -0.2) is 4.39 Å². The summed E-state index contributed by atoms with van der Waals surface area (Å²) in [7, 11) is 3.83. The number of amides is 3. The lowest BCUT2D eigenvalue weighted by atomic mass is 10.2. The van der Waals surface area contributed by atoms with Gasteiger partial charge in [-0.05, 0) is 69.7 Å². The fourth-order valence-corrected chi connectivity index (χ4v) is 4.26. The van der Waals surface area contributed by atoms with Gasteiger partial charge in [0.25, 0.3) is 11.1 Å². The van der Waals surface area contributed by atoms with Crippen molar-refractivity contribution in [2.75, 3.05) is 30.9 Å². The summed E-state index contributed by atoms with van der Waals surface area (Å²) < 4.78 is 14.1. The molecule has 6 nitrogen and oxygen atoms in total. The van der Waals surface area contributed by atoms with Crippen LogP contribution in [0.25, 0.3) is 6.08 Å². The van der Waals surface area contributed by atoms with Crippen molar-refractivity contribution < 1.29 is 18.8 Å². The van der Waals surface area contributed by atoms with Crippen molar-refractivity contribution in [3.63, 3.8) is 0 Å². The number of benzene rings is 2. The highest BCUT2D eigenvalue weighted by molar-refractivity contribution is 9.10. The number of carbonyl (C=O) groups is 3. The van der Waals surface area contributed by atoms with E-state index in [0.29, 0.717) is 0 Å². The molecule has 150 valence electrons. The Morgan fingerprint density at radius 1 is 1.24 bits per heavy atom. The zero-order valence-electron chi connectivity index (χ0n) is 15.6. The SMILES string of the molecule is CN(C)c1ccc(/C=C2/SC(=O)N(CC(=O)Nc3cccc(F)c3)C2=O)cc1Br. The number of rotatable bonds is 5. The second-order valence-corrected chi connectivity index (χ2v) is 8.28. The van der Waals surface area contributed by atoms with Crippen LogP contribution >= 0.6 is 27.7 Å². The van der Waals surface area contributed by atoms with Crippen LogP contribution in [0.2, 0.25) is 0 Å². The minimum absolute atomic E-state index is 0.234. The third-order valence-electron chi connectivity index (χ3n) is 4.03. The zero-order valence-corrected chi connectivity index (χ0v) is 18.0. The largest absolute Gasteiger partial charge is 0.377 e. The van der Waals surface area contributed by atoms with Gasteiger partial charge < -0.3 is 10.2 Å². The first-order valence-corrected chi connectivity index (χ1v) is 10.1. The number of halogens is 2. The molecular weight excluding hydrogens is 461 g/mol. The van der Waals surface area contributed by atoms with E-state index in [1.165, 1.54) is 18.2 Å². The fourth-order valence-electron chi connectivity index (χ4n) is 2.67. The summed E-state index contributed by atoms with van der Waals surface area (Å²) in [6, 6.07) is 11.0. The van der Waals surface area contributed by atoms with Crippen molar-refractivity contribution in [2.45, 2.75) is 0 Å². The zero-order chi connectivity index (χ0) is 21.1. The Hall–Kier alpha value is -2.65. The molecule has 0 bridgehead atoms. The maximum Gasteiger partial charge on any atom is 0.294 e. The average Bonchev–Trinajstić information content (AvgIpc) is 2.89. The van der Waals surface area contributed by atoms with Gasteiger partial charge in [0.05, 0.1) is 10.6 Å². The van der Waals surface area contributed by atoms with E-state index in [2.05, 4.69) is 21.2 Å². The van der Waals surface area contributed by atoms with Gasteiger partial charge in [-0.15, -0.1) is 0 Å². The van der Waals surface area contributed by atoms with Crippen LogP contribution < -0.4 is 10.2 Å². The smallest absolute Gasteiger partial charge is 0.294 e. The van der Waals surface area contributed by atoms with Crippen LogP contribution in [0.3, 0.4) is 0 Å². The summed E-state index contributed by atoms with van der Waals surface area (Å²) >= 11 is 4.26. The van der Waals surface area contributed by atoms with Gasteiger partial charge >= 0.3 is 0 Å². The first-order chi connectivity index (χ1) is 13.7. The monoisotopic (exact) mass is 477 g/mol. The summed E-state index contributed by atoms with van der Waals surface area (Å²) in [4.78, 5) is 40.0. The number of nitrogens with one attached hydrogen (secondary N) is 1. The molecule has 0 atom stereocenters. The lowest BCUT2D eigenvalue weighted by molar-refractivity contribution is -0.127. The van der Waals surface area contributed by atoms with Crippen LogP contribution in [-0.4, -0.2) is 42.6 Å². The Balaban J connectivity index is 1.71. The first-order valence-electron chi connectivity index (χ1n) is 8.52. The average molecular weight is 478 g/mol. The Bertz CT molecular complexity index is 1030. The molecule has 9 heteroatoms. The van der Waals surface area contributed by atoms with Crippen LogP contribution in [-0.2, 0) is 9.59 Å². The molecule has 29 heavy (non-hydrogen) atoms. The maximum atomic E-state index is 13.2. The van der Waals surface area contributed by atoms with E-state index in [1.807, 2.05) is 37.2 Å². The molecule has 0 aliphatic carbocycles. The fraction of sp³-hybridized carbons (Fsp3) is 0.150. The van der Waals surface area contributed by atoms with E-state index in [1.54, 1.807) is 6.08 Å². The third kappa shape index (κ3) is 5.04. The Kier molecular flexibility index (Phi) is 6.39. The van der Waals surface area contributed by atoms with Gasteiger partial charge in [-0.1, -0.05) is 12.1 Å². The molecule has 1 fully saturated rings. The van der Waals surface area contributed by atoms with Crippen molar-refractivity contribution in [3.05, 3.63) is 63.2 Å². The van der Waals surface area contributed by atoms with E-state index in [9.17, 15) is 18.8 Å². The van der Waals surface area contributed by atoms with Gasteiger partial charge in [0, 0.05) is 24.3 Å². The molecule has 2 aromatic rings. The molecule has 1 heterocycles. The summed E-state index contributed by atoms with van der Waals surface area (Å²) in [5.74, 6) is -1.62. The highest BCUT2D eigenvalue weighted by atomic mass is 79.9. The molecule has 1 N–H and O–H groups in total. The number of hydrogen-bond donors (Lipinski definition) is 1. The number of carbonyl (C=O) groups excluding carboxylic acids is 3. The molecule has 1 saturated heterocycles. The van der Waals surface area contributed by atoms with Crippen molar-refractivity contribution in [1.29, 1.82) is 0 Å². The molecule has 0 aromatic heterocycles. The normalized spacial score (nSPS) is 15.2. The van der Waals surface area contributed by atoms with Crippen molar-refractivity contribution in [3.8, 4) is 0 Å². The van der Waals surface area contributed by atoms with Crippen LogP contribution in [0.15, 0.2) is 51.8 Å². The Morgan fingerprint density at radius 3 is 2.66 bits per heavy atom. The first kappa shape index (κ1) is 21.1. The predicted octanol–water partition coefficient (Wildman–Crippen LogP) is 4.33. The lowest BCUT2D eigenvalue weighted by Gasteiger charge is -2.14. The minimum atomic E-state index is -0.586. The Morgan fingerprint density at radius 2 is 2.00 bits per heavy atom. The Labute approximate surface area is 179 Å². The number of hydrogen-bond acceptors (Lipinski definition) is 5. The van der Waals surface area contributed by atoms with Gasteiger partial charge in [0.2, 0.25) is 5.91 Å². The number of thioether (sulfide) groups is 1. The summed E-state index contributed by atoms with van der Waals surface area (Å²) in [6.45, 7) is -0.443. The molecule has 0 spiro atoms. The second-order valence-electron chi connectivity index (χ2n) is 6.43. The number of nitrogens with zero attached hydrogens (tertiary/aromatic N) is 2. The van der Waals surface area contributed by atoms with Crippen molar-refractivity contribution in [1.82, 2.24) is 4.90 Å². The highest BCUT2D eigenvalue weighted by Gasteiger charge is 2.36. The van der Waals surface area contributed by atoms with E-state index in [4.69, 9.17) is 0 Å². The van der Waals surface area contributed by atoms with Gasteiger partial charge in [-0.2, -0.15) is 0 Å². The highest BCUT2D eigenvalue weighted by Crippen LogP contribution is 2.33. The molecule has 3 rings (SSSR count). The van der Waals surface area contributed by atoms with Crippen LogP contribution in [0.1, 0.15) is 5.56 Å². The standard InChI is InChI=1S/C20H17BrFN3O3S/c1-24(2)16-7-6-12(8-15(16)21)9-17-19(27)25(20(28)29-17)11-18(26)23-14-5-3-4-13(22)10-14/h3-10H,11H2,1-2H3,(H,23,26)/b17-9+. The van der Waals surface area contributed by atoms with E-state index < -0.39 is 29.4 Å². The molecule has 0 saturated carbocycles. The quantitative estimate of drug-likeness (QED) is 0.649. The molecular formula is C20H17BrFN3O3S. The molecule has 0 radical (unpaired) electrons. The second kappa shape index (κ2) is 8.79. The van der Waals surface area contributed by atoms with Gasteiger partial charge in [0.15, 0.2) is 0 Å². The molecule has 1 aliphatic rings. The van der Waals surface area contributed by atoms with Crippen molar-refractivity contribution >= 4 is 62.2 Å². The molecule has 1 aliphatic heterocycles.